The van der Waals surface area contributed by atoms with Gasteiger partial charge in [0.2, 0.25) is 15.4 Å². The maximum atomic E-state index is 14.1. The van der Waals surface area contributed by atoms with Gasteiger partial charge >= 0.3 is 0 Å². The molecule has 0 aromatic heterocycles. The van der Waals surface area contributed by atoms with E-state index in [1.165, 1.54) is 9.79 Å². The van der Waals surface area contributed by atoms with E-state index in [4.69, 9.17) is 4.42 Å². The molecule has 1 unspecified atom stereocenters. The number of rotatable bonds is 16. The highest BCUT2D eigenvalue weighted by Gasteiger charge is 2.26. The maximum absolute atomic E-state index is 14.1. The van der Waals surface area contributed by atoms with E-state index in [-0.39, 0.29) is 4.90 Å². The first-order chi connectivity index (χ1) is 25.3. The number of nitrogens with zero attached hydrogens (tertiary/aromatic N) is 2. The van der Waals surface area contributed by atoms with Crippen LogP contribution in [0.2, 0.25) is 0 Å². The van der Waals surface area contributed by atoms with Crippen molar-refractivity contribution in [2.24, 2.45) is 5.92 Å². The molecule has 1 aliphatic heterocycles. The molecule has 270 valence electrons. The van der Waals surface area contributed by atoms with Crippen molar-refractivity contribution in [3.05, 3.63) is 127 Å². The Balaban J connectivity index is 1.45. The molecule has 1 N–H and O–H groups in total. The second-order valence-electron chi connectivity index (χ2n) is 13.2. The van der Waals surface area contributed by atoms with Crippen LogP contribution in [0.5, 0.6) is 0 Å². The van der Waals surface area contributed by atoms with Gasteiger partial charge in [0.1, 0.15) is 18.4 Å². The maximum Gasteiger partial charge on any atom is 0.241 e. The average molecular weight is 751 g/mol. The molecule has 0 fully saturated rings. The van der Waals surface area contributed by atoms with Crippen molar-refractivity contribution in [1.82, 2.24) is 9.30 Å². The summed E-state index contributed by atoms with van der Waals surface area (Å²) in [6.07, 6.45) is 4.12. The van der Waals surface area contributed by atoms with E-state index < -0.39 is 10.0 Å². The third kappa shape index (κ3) is 9.12. The quantitative estimate of drug-likeness (QED) is 0.0460. The van der Waals surface area contributed by atoms with Crippen LogP contribution in [0.25, 0.3) is 33.4 Å². The number of benzene rings is 5. The number of anilines is 1. The van der Waals surface area contributed by atoms with Crippen molar-refractivity contribution in [2.45, 2.75) is 54.2 Å². The Hall–Kier alpha value is -4.02. The number of fused-ring (bicyclic) bond motifs is 2. The van der Waals surface area contributed by atoms with Crippen molar-refractivity contribution >= 4 is 50.2 Å². The van der Waals surface area contributed by atoms with E-state index in [1.807, 2.05) is 24.3 Å². The number of unbranched alkanes of at least 4 members (excludes halogenated alkanes) is 1. The zero-order chi connectivity index (χ0) is 36.5. The van der Waals surface area contributed by atoms with Crippen LogP contribution in [-0.2, 0) is 10.0 Å². The number of sulfonamides is 1. The van der Waals surface area contributed by atoms with Gasteiger partial charge in [-0.2, -0.15) is 0 Å². The standard InChI is InChI=1S/C43H48N3O3S3/c1-5-7-16-32(6-2)29-44-52(47,48)42-22-15-14-21-39(42)43-37-25-23-33(45(3)30-50-35-17-10-8-11-18-35)27-40(37)49-41-28-34(24-26-38(41)43)46(4)31-51-36-19-12-9-13-20-36/h8-15,17-28,32,44H,5-7,16,29-31H2,1-4H3/q+1. The minimum absolute atomic E-state index is 0.273. The lowest BCUT2D eigenvalue weighted by Crippen LogP contribution is -2.29. The fraction of sp³-hybridized carbons (Fsp3) is 0.279. The fourth-order valence-electron chi connectivity index (χ4n) is 6.31. The van der Waals surface area contributed by atoms with E-state index in [2.05, 4.69) is 127 Å². The molecule has 0 saturated heterocycles. The zero-order valence-corrected chi connectivity index (χ0v) is 32.9. The van der Waals surface area contributed by atoms with Crippen molar-refractivity contribution < 1.29 is 12.8 Å². The normalized spacial score (nSPS) is 13.0. The number of hydrogen-bond donors (Lipinski definition) is 1. The highest BCUT2D eigenvalue weighted by molar-refractivity contribution is 7.99. The van der Waals surface area contributed by atoms with Crippen LogP contribution in [0.4, 0.5) is 5.69 Å². The monoisotopic (exact) mass is 750 g/mol. The Bertz CT molecular complexity index is 2240. The third-order valence-electron chi connectivity index (χ3n) is 9.46. The first-order valence-electron chi connectivity index (χ1n) is 18.0. The van der Waals surface area contributed by atoms with Gasteiger partial charge in [-0.25, -0.2) is 17.7 Å². The van der Waals surface area contributed by atoms with Crippen LogP contribution in [0.1, 0.15) is 39.5 Å². The van der Waals surface area contributed by atoms with Gasteiger partial charge in [0.05, 0.1) is 16.8 Å². The first kappa shape index (κ1) is 37.7. The molecule has 0 amide bonds. The van der Waals surface area contributed by atoms with Crippen LogP contribution >= 0.6 is 23.5 Å². The minimum Gasteiger partial charge on any atom is -0.456 e. The van der Waals surface area contributed by atoms with Gasteiger partial charge in [-0.15, -0.1) is 11.8 Å². The van der Waals surface area contributed by atoms with E-state index in [1.54, 1.807) is 35.7 Å². The van der Waals surface area contributed by atoms with Crippen LogP contribution < -0.4 is 19.6 Å². The fourth-order valence-corrected chi connectivity index (χ4v) is 9.32. The average Bonchev–Trinajstić information content (AvgIpc) is 3.18. The van der Waals surface area contributed by atoms with Gasteiger partial charge in [-0.3, -0.25) is 0 Å². The van der Waals surface area contributed by atoms with E-state index in [0.717, 1.165) is 65.0 Å². The van der Waals surface area contributed by atoms with Crippen molar-refractivity contribution in [3.8, 4) is 22.5 Å². The predicted octanol–water partition coefficient (Wildman–Crippen LogP) is 10.0. The smallest absolute Gasteiger partial charge is 0.241 e. The summed E-state index contributed by atoms with van der Waals surface area (Å²) in [5, 5.41) is 1.87. The van der Waals surface area contributed by atoms with E-state index in [9.17, 15) is 8.42 Å². The Morgan fingerprint density at radius 3 is 2.21 bits per heavy atom. The Morgan fingerprint density at radius 1 is 0.808 bits per heavy atom. The molecule has 0 bridgehead atoms. The molecule has 6 rings (SSSR count). The summed E-state index contributed by atoms with van der Waals surface area (Å²) in [6, 6.07) is 40.6. The Kier molecular flexibility index (Phi) is 12.8. The highest BCUT2D eigenvalue weighted by atomic mass is 32.2. The SMILES string of the molecule is CCCCC(CC)CNS(=O)(=O)c1ccccc1-c1c2cc/c(=[N+](\C)CSc3ccccc3)cc-2oc2cc(N(C)CSc3ccccc3)ccc12. The van der Waals surface area contributed by atoms with E-state index in [0.29, 0.717) is 29.4 Å². The highest BCUT2D eigenvalue weighted by Crippen LogP contribution is 2.43. The largest absolute Gasteiger partial charge is 0.456 e. The molecule has 1 aliphatic carbocycles. The van der Waals surface area contributed by atoms with E-state index >= 15 is 0 Å². The molecule has 4 aromatic carbocycles. The van der Waals surface area contributed by atoms with Gasteiger partial charge in [0, 0.05) is 63.3 Å². The predicted molar refractivity (Wildman–Crippen MR) is 221 cm³/mol. The second-order valence-corrected chi connectivity index (χ2v) is 16.9. The Labute approximate surface area is 317 Å². The third-order valence-corrected chi connectivity index (χ3v) is 13.2. The summed E-state index contributed by atoms with van der Waals surface area (Å²) < 4.78 is 40.1. The number of nitrogens with one attached hydrogen (secondary N) is 1. The molecule has 6 nitrogen and oxygen atoms in total. The molecule has 9 heteroatoms. The lowest BCUT2D eigenvalue weighted by molar-refractivity contribution is 0.444. The Morgan fingerprint density at radius 2 is 1.50 bits per heavy atom. The number of thioether (sulfide) groups is 2. The van der Waals surface area contributed by atoms with Crippen molar-refractivity contribution in [1.29, 1.82) is 0 Å². The van der Waals surface area contributed by atoms with Gasteiger partial charge < -0.3 is 9.32 Å². The molecular formula is C43H48N3O3S3+. The zero-order valence-electron chi connectivity index (χ0n) is 30.4. The van der Waals surface area contributed by atoms with Gasteiger partial charge in [-0.05, 0) is 60.9 Å². The summed E-state index contributed by atoms with van der Waals surface area (Å²) in [7, 11) is 0.335. The summed E-state index contributed by atoms with van der Waals surface area (Å²) in [6.45, 7) is 4.72. The molecule has 52 heavy (non-hydrogen) atoms. The van der Waals surface area contributed by atoms with Gasteiger partial charge in [0.15, 0.2) is 5.88 Å². The van der Waals surface area contributed by atoms with Crippen LogP contribution in [-0.4, -0.2) is 40.8 Å². The molecule has 4 aromatic rings. The summed E-state index contributed by atoms with van der Waals surface area (Å²) in [5.41, 5.74) is 4.07. The topological polar surface area (TPSA) is 65.6 Å². The van der Waals surface area contributed by atoms with Gasteiger partial charge in [0.25, 0.3) is 0 Å². The summed E-state index contributed by atoms with van der Waals surface area (Å²) in [4.78, 5) is 4.89. The van der Waals surface area contributed by atoms with Crippen LogP contribution in [0.3, 0.4) is 0 Å². The minimum atomic E-state index is -3.82. The summed E-state index contributed by atoms with van der Waals surface area (Å²) >= 11 is 3.54. The molecule has 2 aliphatic rings. The van der Waals surface area contributed by atoms with Crippen LogP contribution in [0, 0.1) is 5.92 Å². The molecule has 0 spiro atoms. The van der Waals surface area contributed by atoms with Gasteiger partial charge in [-0.1, -0.05) is 99.5 Å². The lowest BCUT2D eigenvalue weighted by Gasteiger charge is -2.22. The number of hydrogen-bond acceptors (Lipinski definition) is 6. The second kappa shape index (κ2) is 17.7. The molecule has 1 heterocycles. The molecule has 0 radical (unpaired) electrons. The molecule has 1 atom stereocenters. The van der Waals surface area contributed by atoms with Crippen molar-refractivity contribution in [3.63, 3.8) is 0 Å². The summed E-state index contributed by atoms with van der Waals surface area (Å²) in [5.74, 6) is 2.51. The first-order valence-corrected chi connectivity index (χ1v) is 21.4. The lowest BCUT2D eigenvalue weighted by atomic mass is 9.93. The van der Waals surface area contributed by atoms with Crippen molar-refractivity contribution in [2.75, 3.05) is 37.3 Å². The molecular weight excluding hydrogens is 703 g/mol. The molecule has 0 saturated carbocycles. The van der Waals surface area contributed by atoms with Crippen LogP contribution in [0.15, 0.2) is 140 Å².